The van der Waals surface area contributed by atoms with Crippen LogP contribution < -0.4 is 4.74 Å². The molecule has 148 valence electrons. The fraction of sp³-hybridized carbons (Fsp3) is 0.440. The topological polar surface area (TPSA) is 32.7 Å². The summed E-state index contributed by atoms with van der Waals surface area (Å²) in [6.45, 7) is 0.656. The number of hydrogen-bond acceptors (Lipinski definition) is 3. The lowest BCUT2D eigenvalue weighted by molar-refractivity contribution is -0.113. The van der Waals surface area contributed by atoms with Crippen molar-refractivity contribution in [1.82, 2.24) is 4.90 Å². The Morgan fingerprint density at radius 3 is 2.57 bits per heavy atom. The van der Waals surface area contributed by atoms with E-state index in [0.29, 0.717) is 18.9 Å². The molecule has 3 unspecified atom stereocenters. The van der Waals surface area contributed by atoms with Gasteiger partial charge in [-0.05, 0) is 69.0 Å². The van der Waals surface area contributed by atoms with Crippen LogP contribution in [-0.4, -0.2) is 37.8 Å². The monoisotopic (exact) mass is 377 g/mol. The van der Waals surface area contributed by atoms with E-state index in [-0.39, 0.29) is 0 Å². The number of aliphatic hydroxyl groups is 1. The molecule has 0 heterocycles. The van der Waals surface area contributed by atoms with E-state index in [0.717, 1.165) is 30.6 Å². The largest absolute Gasteiger partial charge is 0.497 e. The molecule has 0 radical (unpaired) electrons. The van der Waals surface area contributed by atoms with Crippen LogP contribution in [0.25, 0.3) is 0 Å². The molecular weight excluding hydrogens is 346 g/mol. The average Bonchev–Trinajstić information content (AvgIpc) is 2.71. The van der Waals surface area contributed by atoms with Crippen LogP contribution in [0.2, 0.25) is 0 Å². The number of rotatable bonds is 6. The van der Waals surface area contributed by atoms with Gasteiger partial charge in [0.1, 0.15) is 11.4 Å². The minimum absolute atomic E-state index is 0.423. The summed E-state index contributed by atoms with van der Waals surface area (Å²) >= 11 is 0. The zero-order valence-electron chi connectivity index (χ0n) is 17.2. The van der Waals surface area contributed by atoms with Crippen LogP contribution in [0.4, 0.5) is 0 Å². The molecule has 1 N–H and O–H groups in total. The molecule has 0 bridgehead atoms. The van der Waals surface area contributed by atoms with Crippen molar-refractivity contribution in [3.8, 4) is 18.1 Å². The Bertz CT molecular complexity index is 826. The Kier molecular flexibility index (Phi) is 6.13. The van der Waals surface area contributed by atoms with E-state index < -0.39 is 11.0 Å². The van der Waals surface area contributed by atoms with Crippen molar-refractivity contribution in [2.45, 2.75) is 31.3 Å². The normalized spacial score (nSPS) is 27.4. The van der Waals surface area contributed by atoms with Gasteiger partial charge in [-0.1, -0.05) is 48.4 Å². The molecular formula is C25H31NO2. The zero-order valence-corrected chi connectivity index (χ0v) is 17.2. The van der Waals surface area contributed by atoms with Crippen molar-refractivity contribution in [2.75, 3.05) is 27.7 Å². The van der Waals surface area contributed by atoms with E-state index in [1.807, 2.05) is 56.6 Å². The smallest absolute Gasteiger partial charge is 0.119 e. The highest BCUT2D eigenvalue weighted by Crippen LogP contribution is 2.53. The van der Waals surface area contributed by atoms with Gasteiger partial charge in [0.05, 0.1) is 12.5 Å². The summed E-state index contributed by atoms with van der Waals surface area (Å²) in [5.74, 6) is 4.36. The van der Waals surface area contributed by atoms with Gasteiger partial charge in [-0.2, -0.15) is 0 Å². The number of ether oxygens (including phenoxy) is 1. The molecule has 0 saturated heterocycles. The Balaban J connectivity index is 1.92. The number of benzene rings is 2. The fourth-order valence-corrected chi connectivity index (χ4v) is 4.82. The second-order valence-electron chi connectivity index (χ2n) is 8.36. The van der Waals surface area contributed by atoms with Crippen molar-refractivity contribution < 1.29 is 9.84 Å². The molecule has 3 heteroatoms. The van der Waals surface area contributed by atoms with Gasteiger partial charge in [0.25, 0.3) is 0 Å². The SMILES string of the molecule is C#CC1(CN(C)C)CC(Cc2cccc(OC)c2)CCC1(O)c1ccccc1. The fourth-order valence-electron chi connectivity index (χ4n) is 4.82. The summed E-state index contributed by atoms with van der Waals surface area (Å²) < 4.78 is 5.37. The Morgan fingerprint density at radius 2 is 1.93 bits per heavy atom. The predicted molar refractivity (Wildman–Crippen MR) is 114 cm³/mol. The molecule has 1 aliphatic rings. The lowest BCUT2D eigenvalue weighted by Gasteiger charge is -2.51. The maximum atomic E-state index is 11.9. The van der Waals surface area contributed by atoms with Crippen LogP contribution in [0.1, 0.15) is 30.4 Å². The lowest BCUT2D eigenvalue weighted by Crippen LogP contribution is -2.54. The minimum Gasteiger partial charge on any atom is -0.497 e. The Morgan fingerprint density at radius 1 is 1.18 bits per heavy atom. The first kappa shape index (κ1) is 20.5. The number of hydrogen-bond donors (Lipinski definition) is 1. The summed E-state index contributed by atoms with van der Waals surface area (Å²) in [4.78, 5) is 2.10. The van der Waals surface area contributed by atoms with Gasteiger partial charge in [0, 0.05) is 6.54 Å². The molecule has 1 aliphatic carbocycles. The van der Waals surface area contributed by atoms with E-state index >= 15 is 0 Å². The van der Waals surface area contributed by atoms with Crippen molar-refractivity contribution >= 4 is 0 Å². The number of nitrogens with zero attached hydrogens (tertiary/aromatic N) is 1. The van der Waals surface area contributed by atoms with Gasteiger partial charge in [0.2, 0.25) is 0 Å². The predicted octanol–water partition coefficient (Wildman–Crippen LogP) is 4.11. The molecule has 0 aliphatic heterocycles. The lowest BCUT2D eigenvalue weighted by atomic mass is 9.57. The first-order valence-corrected chi connectivity index (χ1v) is 9.96. The molecule has 3 atom stereocenters. The standard InChI is InChI=1S/C25H31NO2/c1-5-24(19-26(2)3)18-21(16-20-10-9-13-23(17-20)28-4)14-15-25(24,27)22-11-7-6-8-12-22/h1,6-13,17,21,27H,14-16,18-19H2,2-4H3. The molecule has 3 nitrogen and oxygen atoms in total. The van der Waals surface area contributed by atoms with Crippen LogP contribution >= 0.6 is 0 Å². The van der Waals surface area contributed by atoms with Gasteiger partial charge < -0.3 is 14.7 Å². The molecule has 0 aromatic heterocycles. The molecule has 0 amide bonds. The van der Waals surface area contributed by atoms with E-state index in [4.69, 9.17) is 11.2 Å². The van der Waals surface area contributed by atoms with E-state index in [2.05, 4.69) is 23.0 Å². The Labute approximate surface area is 169 Å². The van der Waals surface area contributed by atoms with Crippen molar-refractivity contribution in [2.24, 2.45) is 11.3 Å². The zero-order chi connectivity index (χ0) is 20.2. The summed E-state index contributed by atoms with van der Waals surface area (Å²) in [7, 11) is 5.74. The highest BCUT2D eigenvalue weighted by atomic mass is 16.5. The molecule has 28 heavy (non-hydrogen) atoms. The van der Waals surface area contributed by atoms with Crippen LogP contribution in [0, 0.1) is 23.7 Å². The summed E-state index contributed by atoms with van der Waals surface area (Å²) in [5.41, 5.74) is 0.539. The molecule has 2 aromatic rings. The van der Waals surface area contributed by atoms with E-state index in [1.54, 1.807) is 7.11 Å². The third-order valence-corrected chi connectivity index (χ3v) is 6.12. The molecule has 2 aromatic carbocycles. The van der Waals surface area contributed by atoms with Crippen LogP contribution in [0.15, 0.2) is 54.6 Å². The second kappa shape index (κ2) is 8.39. The summed E-state index contributed by atoms with van der Waals surface area (Å²) in [5, 5.41) is 11.9. The van der Waals surface area contributed by atoms with Crippen LogP contribution in [-0.2, 0) is 12.0 Å². The second-order valence-corrected chi connectivity index (χ2v) is 8.36. The van der Waals surface area contributed by atoms with Gasteiger partial charge in [-0.3, -0.25) is 0 Å². The first-order chi connectivity index (χ1) is 13.4. The molecule has 1 fully saturated rings. The quantitative estimate of drug-likeness (QED) is 0.769. The maximum Gasteiger partial charge on any atom is 0.119 e. The van der Waals surface area contributed by atoms with Gasteiger partial charge in [-0.25, -0.2) is 0 Å². The van der Waals surface area contributed by atoms with Gasteiger partial charge >= 0.3 is 0 Å². The maximum absolute atomic E-state index is 11.9. The number of terminal acetylenes is 1. The highest BCUT2D eigenvalue weighted by molar-refractivity contribution is 5.33. The van der Waals surface area contributed by atoms with Crippen LogP contribution in [0.5, 0.6) is 5.75 Å². The van der Waals surface area contributed by atoms with Gasteiger partial charge in [0.15, 0.2) is 0 Å². The van der Waals surface area contributed by atoms with E-state index in [1.165, 1.54) is 5.56 Å². The summed E-state index contributed by atoms with van der Waals surface area (Å²) in [6.07, 6.45) is 9.50. The molecule has 1 saturated carbocycles. The van der Waals surface area contributed by atoms with Crippen molar-refractivity contribution in [3.05, 3.63) is 65.7 Å². The molecule has 3 rings (SSSR count). The van der Waals surface area contributed by atoms with E-state index in [9.17, 15) is 5.11 Å². The Hall–Kier alpha value is -2.28. The summed E-state index contributed by atoms with van der Waals surface area (Å²) in [6, 6.07) is 18.2. The average molecular weight is 378 g/mol. The highest BCUT2D eigenvalue weighted by Gasteiger charge is 2.54. The van der Waals surface area contributed by atoms with Crippen molar-refractivity contribution in [3.63, 3.8) is 0 Å². The third kappa shape index (κ3) is 3.94. The third-order valence-electron chi connectivity index (χ3n) is 6.12. The minimum atomic E-state index is -1.02. The molecule has 0 spiro atoms. The number of methoxy groups -OCH3 is 1. The van der Waals surface area contributed by atoms with Gasteiger partial charge in [-0.15, -0.1) is 6.42 Å². The van der Waals surface area contributed by atoms with Crippen molar-refractivity contribution in [1.29, 1.82) is 0 Å². The first-order valence-electron chi connectivity index (χ1n) is 9.96. The van der Waals surface area contributed by atoms with Crippen LogP contribution in [0.3, 0.4) is 0 Å².